The second-order valence-corrected chi connectivity index (χ2v) is 6.86. The van der Waals surface area contributed by atoms with E-state index in [0.29, 0.717) is 16.6 Å². The number of hydrogen-bond acceptors (Lipinski definition) is 2. The second-order valence-electron chi connectivity index (χ2n) is 6.04. The monoisotopic (exact) mass is 361 g/mol. The van der Waals surface area contributed by atoms with Gasteiger partial charge in [-0.2, -0.15) is 0 Å². The topological polar surface area (TPSA) is 43.8 Å². The number of unbranched alkanes of at least 4 members (excludes halogenated alkanes) is 1. The van der Waals surface area contributed by atoms with E-state index < -0.39 is 0 Å². The van der Waals surface area contributed by atoms with Crippen molar-refractivity contribution in [2.75, 3.05) is 0 Å². The van der Waals surface area contributed by atoms with Crippen molar-refractivity contribution in [3.05, 3.63) is 63.9 Å². The summed E-state index contributed by atoms with van der Waals surface area (Å²) in [4.78, 5) is 4.78. The van der Waals surface area contributed by atoms with Crippen LogP contribution in [0.2, 0.25) is 10.0 Å². The maximum absolute atomic E-state index is 6.42. The highest BCUT2D eigenvalue weighted by Gasteiger charge is 2.17. The number of nitrogens with two attached hydrogens (primary N) is 1. The van der Waals surface area contributed by atoms with E-state index in [9.17, 15) is 0 Å². The number of rotatable bonds is 6. The highest BCUT2D eigenvalue weighted by atomic mass is 35.5. The molecule has 3 nitrogen and oxygen atoms in total. The van der Waals surface area contributed by atoms with Gasteiger partial charge in [-0.3, -0.25) is 0 Å². The smallest absolute Gasteiger partial charge is 0.127 e. The van der Waals surface area contributed by atoms with Crippen molar-refractivity contribution < 1.29 is 0 Å². The summed E-state index contributed by atoms with van der Waals surface area (Å²) in [6.07, 6.45) is 3.15. The first kappa shape index (κ1) is 17.3. The van der Waals surface area contributed by atoms with Crippen molar-refractivity contribution in [1.29, 1.82) is 0 Å². The van der Waals surface area contributed by atoms with Gasteiger partial charge in [0.25, 0.3) is 0 Å². The Labute approximate surface area is 152 Å². The van der Waals surface area contributed by atoms with Gasteiger partial charge in [-0.1, -0.05) is 61.2 Å². The minimum Gasteiger partial charge on any atom is -0.322 e. The molecular formula is C19H21Cl2N3. The summed E-state index contributed by atoms with van der Waals surface area (Å²) in [6, 6.07) is 13.8. The molecule has 0 saturated heterocycles. The van der Waals surface area contributed by atoms with Crippen LogP contribution in [0.25, 0.3) is 11.0 Å². The van der Waals surface area contributed by atoms with Crippen LogP contribution in [0.4, 0.5) is 0 Å². The predicted octanol–water partition coefficient (Wildman–Crippen LogP) is 5.58. The average Bonchev–Trinajstić information content (AvgIpc) is 2.95. The molecule has 0 saturated carbocycles. The SMILES string of the molecule is CCCCC(N)c1nc2ccccc2n1Cc1ccc(Cl)c(Cl)c1. The number of aromatic nitrogens is 2. The fraction of sp³-hybridized carbons (Fsp3) is 0.316. The lowest BCUT2D eigenvalue weighted by molar-refractivity contribution is 0.552. The number of halogens is 2. The Morgan fingerprint density at radius 3 is 2.67 bits per heavy atom. The summed E-state index contributed by atoms with van der Waals surface area (Å²) < 4.78 is 2.19. The van der Waals surface area contributed by atoms with E-state index in [1.165, 1.54) is 0 Å². The Bertz CT molecular complexity index is 842. The van der Waals surface area contributed by atoms with Gasteiger partial charge in [0, 0.05) is 6.54 Å². The van der Waals surface area contributed by atoms with Crippen LogP contribution in [0, 0.1) is 0 Å². The van der Waals surface area contributed by atoms with Crippen molar-refractivity contribution in [3.63, 3.8) is 0 Å². The molecule has 0 amide bonds. The van der Waals surface area contributed by atoms with E-state index in [2.05, 4.69) is 17.6 Å². The molecule has 1 unspecified atom stereocenters. The van der Waals surface area contributed by atoms with Crippen LogP contribution in [0.3, 0.4) is 0 Å². The number of nitrogens with zero attached hydrogens (tertiary/aromatic N) is 2. The summed E-state index contributed by atoms with van der Waals surface area (Å²) in [5, 5.41) is 1.13. The van der Waals surface area contributed by atoms with Crippen LogP contribution >= 0.6 is 23.2 Å². The lowest BCUT2D eigenvalue weighted by Crippen LogP contribution is -2.17. The lowest BCUT2D eigenvalue weighted by atomic mass is 10.1. The molecule has 24 heavy (non-hydrogen) atoms. The molecule has 0 aliphatic rings. The molecule has 0 radical (unpaired) electrons. The normalized spacial score (nSPS) is 12.7. The Balaban J connectivity index is 2.01. The minimum atomic E-state index is -0.0693. The van der Waals surface area contributed by atoms with E-state index in [-0.39, 0.29) is 6.04 Å². The van der Waals surface area contributed by atoms with E-state index in [1.54, 1.807) is 0 Å². The number of para-hydroxylation sites is 2. The molecule has 1 heterocycles. The lowest BCUT2D eigenvalue weighted by Gasteiger charge is -2.15. The molecule has 0 fully saturated rings. The maximum Gasteiger partial charge on any atom is 0.127 e. The van der Waals surface area contributed by atoms with Gasteiger partial charge in [0.15, 0.2) is 0 Å². The largest absolute Gasteiger partial charge is 0.322 e. The summed E-state index contributed by atoms with van der Waals surface area (Å²) in [5.74, 6) is 0.927. The zero-order valence-electron chi connectivity index (χ0n) is 13.7. The second kappa shape index (κ2) is 7.56. The Morgan fingerprint density at radius 1 is 1.12 bits per heavy atom. The fourth-order valence-corrected chi connectivity index (χ4v) is 3.24. The third kappa shape index (κ3) is 3.59. The third-order valence-corrected chi connectivity index (χ3v) is 4.95. The van der Waals surface area contributed by atoms with Crippen LogP contribution in [0.15, 0.2) is 42.5 Å². The average molecular weight is 362 g/mol. The maximum atomic E-state index is 6.42. The fourth-order valence-electron chi connectivity index (χ4n) is 2.92. The van der Waals surface area contributed by atoms with E-state index in [4.69, 9.17) is 33.9 Å². The van der Waals surface area contributed by atoms with Gasteiger partial charge in [0.2, 0.25) is 0 Å². The first-order valence-corrected chi connectivity index (χ1v) is 9.00. The van der Waals surface area contributed by atoms with Gasteiger partial charge in [-0.15, -0.1) is 0 Å². The summed E-state index contributed by atoms with van der Waals surface area (Å²) >= 11 is 12.2. The number of imidazole rings is 1. The highest BCUT2D eigenvalue weighted by Crippen LogP contribution is 2.26. The van der Waals surface area contributed by atoms with Gasteiger partial charge in [0.05, 0.1) is 27.1 Å². The molecule has 0 aliphatic heterocycles. The molecule has 5 heteroatoms. The molecule has 2 aromatic carbocycles. The number of fused-ring (bicyclic) bond motifs is 1. The van der Waals surface area contributed by atoms with Crippen LogP contribution in [0.5, 0.6) is 0 Å². The van der Waals surface area contributed by atoms with Gasteiger partial charge >= 0.3 is 0 Å². The van der Waals surface area contributed by atoms with Crippen molar-refractivity contribution >= 4 is 34.2 Å². The molecule has 1 aromatic heterocycles. The summed E-state index contributed by atoms with van der Waals surface area (Å²) in [6.45, 7) is 2.85. The number of hydrogen-bond donors (Lipinski definition) is 1. The predicted molar refractivity (Wildman–Crippen MR) is 102 cm³/mol. The zero-order chi connectivity index (χ0) is 17.1. The van der Waals surface area contributed by atoms with E-state index >= 15 is 0 Å². The first-order chi connectivity index (χ1) is 11.6. The minimum absolute atomic E-state index is 0.0693. The van der Waals surface area contributed by atoms with Gasteiger partial charge in [-0.25, -0.2) is 4.98 Å². The van der Waals surface area contributed by atoms with E-state index in [1.807, 2.05) is 36.4 Å². The van der Waals surface area contributed by atoms with Gasteiger partial charge in [-0.05, 0) is 36.2 Å². The highest BCUT2D eigenvalue weighted by molar-refractivity contribution is 6.42. The Hall–Kier alpha value is -1.55. The molecular weight excluding hydrogens is 341 g/mol. The third-order valence-electron chi connectivity index (χ3n) is 4.21. The quantitative estimate of drug-likeness (QED) is 0.622. The number of benzene rings is 2. The molecule has 3 rings (SSSR count). The molecule has 126 valence electrons. The standard InChI is InChI=1S/C19H21Cl2N3/c1-2-3-6-16(22)19-23-17-7-4-5-8-18(17)24(19)12-13-9-10-14(20)15(21)11-13/h4-5,7-11,16H,2-3,6,12,22H2,1H3. The zero-order valence-corrected chi connectivity index (χ0v) is 15.2. The first-order valence-electron chi connectivity index (χ1n) is 8.24. The molecule has 0 spiro atoms. The molecule has 3 aromatic rings. The molecule has 0 aliphatic carbocycles. The van der Waals surface area contributed by atoms with E-state index in [0.717, 1.165) is 41.7 Å². The van der Waals surface area contributed by atoms with Crippen LogP contribution in [0.1, 0.15) is 43.6 Å². The Kier molecular flexibility index (Phi) is 5.44. The van der Waals surface area contributed by atoms with Crippen molar-refractivity contribution in [2.45, 2.75) is 38.8 Å². The summed E-state index contributed by atoms with van der Waals surface area (Å²) in [7, 11) is 0. The Morgan fingerprint density at radius 2 is 1.92 bits per heavy atom. The van der Waals surface area contributed by atoms with Crippen LogP contribution < -0.4 is 5.73 Å². The van der Waals surface area contributed by atoms with Crippen molar-refractivity contribution in [2.24, 2.45) is 5.73 Å². The molecule has 1 atom stereocenters. The van der Waals surface area contributed by atoms with Gasteiger partial charge in [0.1, 0.15) is 5.82 Å². The van der Waals surface area contributed by atoms with Crippen LogP contribution in [-0.4, -0.2) is 9.55 Å². The summed E-state index contributed by atoms with van der Waals surface area (Å²) in [5.41, 5.74) is 9.56. The molecule has 0 bridgehead atoms. The molecule has 2 N–H and O–H groups in total. The van der Waals surface area contributed by atoms with Gasteiger partial charge < -0.3 is 10.3 Å². The van der Waals surface area contributed by atoms with Crippen LogP contribution in [-0.2, 0) is 6.54 Å². The van der Waals surface area contributed by atoms with Crippen molar-refractivity contribution in [3.8, 4) is 0 Å². The van der Waals surface area contributed by atoms with Crippen molar-refractivity contribution in [1.82, 2.24) is 9.55 Å².